The van der Waals surface area contributed by atoms with Gasteiger partial charge in [-0.25, -0.2) is 4.79 Å². The molecule has 0 aliphatic carbocycles. The molecular formula is C25H15NO5. The van der Waals surface area contributed by atoms with Crippen LogP contribution in [-0.2, 0) is 0 Å². The first kappa shape index (κ1) is 18.7. The molecule has 0 saturated carbocycles. The number of hydrogen-bond donors (Lipinski definition) is 1. The monoisotopic (exact) mass is 409 g/mol. The molecule has 0 unspecified atom stereocenters. The van der Waals surface area contributed by atoms with E-state index in [-0.39, 0.29) is 16.7 Å². The molecule has 0 spiro atoms. The van der Waals surface area contributed by atoms with Crippen LogP contribution in [0.1, 0.15) is 15.9 Å². The topological polar surface area (TPSA) is 96.9 Å². The Morgan fingerprint density at radius 3 is 2.39 bits per heavy atom. The van der Waals surface area contributed by atoms with Gasteiger partial charge in [-0.2, -0.15) is 0 Å². The fraction of sp³-hybridized carbons (Fsp3) is 0.0400. The maximum Gasteiger partial charge on any atom is 0.336 e. The van der Waals surface area contributed by atoms with Crippen molar-refractivity contribution < 1.29 is 14.3 Å². The Labute approximate surface area is 175 Å². The molecule has 5 aromatic rings. The maximum absolute atomic E-state index is 12.0. The molecule has 0 saturated heterocycles. The molecule has 0 radical (unpaired) electrons. The zero-order valence-corrected chi connectivity index (χ0v) is 16.4. The number of benzene rings is 4. The van der Waals surface area contributed by atoms with Crippen molar-refractivity contribution in [1.29, 1.82) is 0 Å². The smallest absolute Gasteiger partial charge is 0.336 e. The number of hydrogen-bond acceptors (Lipinski definition) is 5. The Morgan fingerprint density at radius 2 is 1.61 bits per heavy atom. The van der Waals surface area contributed by atoms with Crippen LogP contribution in [0.4, 0.5) is 5.69 Å². The lowest BCUT2D eigenvalue weighted by Crippen LogP contribution is -2.00. The van der Waals surface area contributed by atoms with Gasteiger partial charge < -0.3 is 9.52 Å². The Balaban J connectivity index is 2.07. The van der Waals surface area contributed by atoms with E-state index in [0.717, 1.165) is 5.39 Å². The van der Waals surface area contributed by atoms with Gasteiger partial charge in [0.05, 0.1) is 5.56 Å². The van der Waals surface area contributed by atoms with Crippen molar-refractivity contribution >= 4 is 44.4 Å². The minimum atomic E-state index is -1.04. The first-order chi connectivity index (χ1) is 15.0. The average molecular weight is 409 g/mol. The van der Waals surface area contributed by atoms with Crippen LogP contribution in [0.15, 0.2) is 81.1 Å². The second-order valence-corrected chi connectivity index (χ2v) is 7.33. The summed E-state index contributed by atoms with van der Waals surface area (Å²) in [5.74, 6) is -1.04. The summed E-state index contributed by atoms with van der Waals surface area (Å²) in [4.78, 5) is 35.1. The van der Waals surface area contributed by atoms with Crippen molar-refractivity contribution in [3.05, 3.63) is 93.0 Å². The van der Waals surface area contributed by atoms with Crippen molar-refractivity contribution in [2.75, 3.05) is 0 Å². The molecule has 0 aliphatic rings. The van der Waals surface area contributed by atoms with E-state index < -0.39 is 5.97 Å². The summed E-state index contributed by atoms with van der Waals surface area (Å²) in [5.41, 5.74) is 3.00. The molecule has 0 aliphatic heterocycles. The highest BCUT2D eigenvalue weighted by molar-refractivity contribution is 6.17. The Hall–Kier alpha value is -4.32. The Bertz CT molecular complexity index is 1610. The number of carbonyl (C=O) groups is 1. The van der Waals surface area contributed by atoms with Crippen LogP contribution in [0.25, 0.3) is 43.8 Å². The summed E-state index contributed by atoms with van der Waals surface area (Å²) in [6, 6.07) is 18.4. The fourth-order valence-electron chi connectivity index (χ4n) is 4.12. The van der Waals surface area contributed by atoms with Crippen molar-refractivity contribution in [1.82, 2.24) is 0 Å². The van der Waals surface area contributed by atoms with Crippen LogP contribution in [0.5, 0.6) is 0 Å². The van der Waals surface area contributed by atoms with Crippen molar-refractivity contribution in [2.24, 2.45) is 5.18 Å². The van der Waals surface area contributed by atoms with Gasteiger partial charge in [0, 0.05) is 27.3 Å². The largest absolute Gasteiger partial charge is 0.478 e. The lowest BCUT2D eigenvalue weighted by Gasteiger charge is -2.16. The van der Waals surface area contributed by atoms with E-state index in [1.807, 2.05) is 12.1 Å². The van der Waals surface area contributed by atoms with E-state index in [1.165, 1.54) is 12.1 Å². The summed E-state index contributed by atoms with van der Waals surface area (Å²) in [6.45, 7) is 1.74. The summed E-state index contributed by atoms with van der Waals surface area (Å²) in [5, 5.41) is 15.7. The molecule has 31 heavy (non-hydrogen) atoms. The number of rotatable bonds is 3. The quantitative estimate of drug-likeness (QED) is 0.218. The zero-order chi connectivity index (χ0) is 21.7. The first-order valence-corrected chi connectivity index (χ1v) is 9.58. The lowest BCUT2D eigenvalue weighted by molar-refractivity contribution is 0.0697. The van der Waals surface area contributed by atoms with E-state index in [0.29, 0.717) is 44.0 Å². The number of carboxylic acids is 1. The number of fused-ring (bicyclic) bond motifs is 4. The van der Waals surface area contributed by atoms with Gasteiger partial charge in [-0.05, 0) is 65.5 Å². The Morgan fingerprint density at radius 1 is 0.903 bits per heavy atom. The molecular weight excluding hydrogens is 394 g/mol. The fourth-order valence-corrected chi connectivity index (χ4v) is 4.12. The van der Waals surface area contributed by atoms with Gasteiger partial charge in [0.15, 0.2) is 5.43 Å². The number of aromatic carboxylic acids is 1. The molecule has 1 heterocycles. The minimum absolute atomic E-state index is 0.118. The summed E-state index contributed by atoms with van der Waals surface area (Å²) in [6.07, 6.45) is 0. The highest BCUT2D eigenvalue weighted by atomic mass is 16.4. The summed E-state index contributed by atoms with van der Waals surface area (Å²) in [7, 11) is 0. The third kappa shape index (κ3) is 2.80. The van der Waals surface area contributed by atoms with Crippen LogP contribution in [-0.4, -0.2) is 11.1 Å². The maximum atomic E-state index is 12.0. The molecule has 1 N–H and O–H groups in total. The SMILES string of the molecule is Cc1c(N=O)ccc2c(-c3ccccc3C(=O)O)c3ccc4cc(=O)ccc4c3oc12. The van der Waals surface area contributed by atoms with E-state index in [4.69, 9.17) is 4.42 Å². The van der Waals surface area contributed by atoms with E-state index in [2.05, 4.69) is 5.18 Å². The van der Waals surface area contributed by atoms with E-state index in [9.17, 15) is 19.6 Å². The molecule has 5 rings (SSSR count). The van der Waals surface area contributed by atoms with Crippen LogP contribution >= 0.6 is 0 Å². The van der Waals surface area contributed by atoms with Gasteiger partial charge in [0.25, 0.3) is 0 Å². The number of aryl methyl sites for hydroxylation is 1. The van der Waals surface area contributed by atoms with Crippen molar-refractivity contribution in [2.45, 2.75) is 6.92 Å². The van der Waals surface area contributed by atoms with Gasteiger partial charge in [-0.3, -0.25) is 4.79 Å². The van der Waals surface area contributed by atoms with Crippen LogP contribution in [0.3, 0.4) is 0 Å². The second kappa shape index (κ2) is 6.88. The molecule has 4 aromatic carbocycles. The predicted molar refractivity (Wildman–Crippen MR) is 120 cm³/mol. The second-order valence-electron chi connectivity index (χ2n) is 7.33. The molecule has 0 fully saturated rings. The molecule has 0 amide bonds. The molecule has 0 atom stereocenters. The van der Waals surface area contributed by atoms with Crippen molar-refractivity contribution in [3.8, 4) is 11.1 Å². The van der Waals surface area contributed by atoms with E-state index in [1.54, 1.807) is 49.4 Å². The standard InChI is InChI=1S/C25H15NO5/c1-13-21(26-30)11-10-19-22(17-4-2-3-5-18(17)25(28)29)20-8-6-14-12-15(27)7-9-16(14)24(20)31-23(13)19/h2-12H,1H3,(H,28,29). The highest BCUT2D eigenvalue weighted by Gasteiger charge is 2.20. The normalized spacial score (nSPS) is 11.3. The highest BCUT2D eigenvalue weighted by Crippen LogP contribution is 2.42. The number of nitrogens with zero attached hydrogens (tertiary/aromatic N) is 1. The van der Waals surface area contributed by atoms with Gasteiger partial charge in [-0.1, -0.05) is 24.3 Å². The Kier molecular flexibility index (Phi) is 4.15. The molecule has 6 nitrogen and oxygen atoms in total. The molecule has 1 aromatic heterocycles. The molecule has 6 heteroatoms. The van der Waals surface area contributed by atoms with Gasteiger partial charge in [0.1, 0.15) is 16.9 Å². The lowest BCUT2D eigenvalue weighted by atomic mass is 9.91. The third-order valence-corrected chi connectivity index (χ3v) is 5.59. The minimum Gasteiger partial charge on any atom is -0.478 e. The first-order valence-electron chi connectivity index (χ1n) is 9.58. The third-order valence-electron chi connectivity index (χ3n) is 5.59. The average Bonchev–Trinajstić information content (AvgIpc) is 2.77. The van der Waals surface area contributed by atoms with Crippen LogP contribution in [0.2, 0.25) is 0 Å². The van der Waals surface area contributed by atoms with Crippen LogP contribution in [0, 0.1) is 11.8 Å². The van der Waals surface area contributed by atoms with Crippen LogP contribution < -0.4 is 5.43 Å². The van der Waals surface area contributed by atoms with Gasteiger partial charge in [-0.15, -0.1) is 4.91 Å². The summed E-state index contributed by atoms with van der Waals surface area (Å²) < 4.78 is 6.29. The molecule has 150 valence electrons. The predicted octanol–water partition coefficient (Wildman–Crippen LogP) is 6.17. The van der Waals surface area contributed by atoms with Gasteiger partial charge in [0.2, 0.25) is 0 Å². The zero-order valence-electron chi connectivity index (χ0n) is 16.4. The van der Waals surface area contributed by atoms with E-state index >= 15 is 0 Å². The van der Waals surface area contributed by atoms with Crippen molar-refractivity contribution in [3.63, 3.8) is 0 Å². The number of nitroso groups, excluding NO2 is 1. The van der Waals surface area contributed by atoms with Gasteiger partial charge >= 0.3 is 5.97 Å². The number of carboxylic acid groups (broad SMARTS) is 1. The summed E-state index contributed by atoms with van der Waals surface area (Å²) >= 11 is 0. The molecule has 0 bridgehead atoms.